The van der Waals surface area contributed by atoms with Crippen LogP contribution in [0, 0.1) is 0 Å². The van der Waals surface area contributed by atoms with Gasteiger partial charge in [0.2, 0.25) is 0 Å². The highest BCUT2D eigenvalue weighted by atomic mass is 16.5. The third-order valence-electron chi connectivity index (χ3n) is 4.40. The second-order valence-corrected chi connectivity index (χ2v) is 6.05. The van der Waals surface area contributed by atoms with Gasteiger partial charge in [-0.3, -0.25) is 14.5 Å². The molecule has 27 heavy (non-hydrogen) atoms. The van der Waals surface area contributed by atoms with Crippen molar-refractivity contribution in [3.8, 4) is 17.0 Å². The highest BCUT2D eigenvalue weighted by molar-refractivity contribution is 6.22. The fourth-order valence-electron chi connectivity index (χ4n) is 3.07. The lowest BCUT2D eigenvalue weighted by molar-refractivity contribution is 0.0640. The standard InChI is InChI=1S/C20H15N3O4/c1-27-14-9-7-12(8-10-14)11-23-18(24)15-16(13-5-3-2-4-6-13)21-20(26)22-17(15)19(23)25/h2-10H,11H2,1H3,(H,21,22,26). The molecule has 134 valence electrons. The first kappa shape index (κ1) is 16.7. The smallest absolute Gasteiger partial charge is 0.346 e. The maximum atomic E-state index is 13.0. The third kappa shape index (κ3) is 2.89. The van der Waals surface area contributed by atoms with Gasteiger partial charge in [-0.1, -0.05) is 42.5 Å². The molecule has 2 amide bonds. The Morgan fingerprint density at radius 1 is 0.963 bits per heavy atom. The van der Waals surface area contributed by atoms with Gasteiger partial charge in [0.05, 0.1) is 24.9 Å². The molecule has 0 unspecified atom stereocenters. The predicted octanol–water partition coefficient (Wildman–Crippen LogP) is 2.24. The fourth-order valence-corrected chi connectivity index (χ4v) is 3.07. The molecule has 2 heterocycles. The van der Waals surface area contributed by atoms with E-state index in [-0.39, 0.29) is 23.5 Å². The van der Waals surface area contributed by atoms with E-state index in [0.29, 0.717) is 11.3 Å². The Hall–Kier alpha value is -3.74. The summed E-state index contributed by atoms with van der Waals surface area (Å²) in [5.74, 6) is -0.336. The molecule has 1 N–H and O–H groups in total. The van der Waals surface area contributed by atoms with Gasteiger partial charge in [0.25, 0.3) is 11.8 Å². The second kappa shape index (κ2) is 6.53. The number of aromatic nitrogens is 2. The van der Waals surface area contributed by atoms with Crippen molar-refractivity contribution in [2.75, 3.05) is 7.11 Å². The van der Waals surface area contributed by atoms with Crippen LogP contribution in [-0.4, -0.2) is 33.8 Å². The van der Waals surface area contributed by atoms with Crippen LogP contribution in [0.5, 0.6) is 5.75 Å². The summed E-state index contributed by atoms with van der Waals surface area (Å²) in [5.41, 5.74) is 1.02. The zero-order chi connectivity index (χ0) is 19.0. The van der Waals surface area contributed by atoms with Crippen molar-refractivity contribution in [3.05, 3.63) is 81.9 Å². The Labute approximate surface area is 154 Å². The van der Waals surface area contributed by atoms with Crippen LogP contribution in [-0.2, 0) is 6.54 Å². The van der Waals surface area contributed by atoms with E-state index in [9.17, 15) is 14.4 Å². The molecule has 4 rings (SSSR count). The Morgan fingerprint density at radius 3 is 2.33 bits per heavy atom. The van der Waals surface area contributed by atoms with Crippen molar-refractivity contribution in [2.24, 2.45) is 0 Å². The molecular formula is C20H15N3O4. The van der Waals surface area contributed by atoms with E-state index in [0.717, 1.165) is 10.5 Å². The summed E-state index contributed by atoms with van der Waals surface area (Å²) in [6.07, 6.45) is 0. The van der Waals surface area contributed by atoms with Crippen LogP contribution in [0.3, 0.4) is 0 Å². The minimum Gasteiger partial charge on any atom is -0.497 e. The summed E-state index contributed by atoms with van der Waals surface area (Å²) in [4.78, 5) is 45.1. The largest absolute Gasteiger partial charge is 0.497 e. The van der Waals surface area contributed by atoms with Gasteiger partial charge in [-0.15, -0.1) is 0 Å². The Balaban J connectivity index is 1.75. The molecule has 3 aromatic rings. The number of H-pyrrole nitrogens is 1. The Kier molecular flexibility index (Phi) is 4.04. The zero-order valence-corrected chi connectivity index (χ0v) is 14.4. The third-order valence-corrected chi connectivity index (χ3v) is 4.40. The van der Waals surface area contributed by atoms with Gasteiger partial charge in [-0.2, -0.15) is 4.98 Å². The van der Waals surface area contributed by atoms with E-state index in [4.69, 9.17) is 4.74 Å². The molecule has 0 aliphatic carbocycles. The maximum absolute atomic E-state index is 13.0. The summed E-state index contributed by atoms with van der Waals surface area (Å²) >= 11 is 0. The number of methoxy groups -OCH3 is 1. The van der Waals surface area contributed by atoms with E-state index in [1.807, 2.05) is 6.07 Å². The summed E-state index contributed by atoms with van der Waals surface area (Å²) in [6, 6.07) is 15.9. The SMILES string of the molecule is COc1ccc(CN2C(=O)c3[nH]c(=O)nc(-c4ccccc4)c3C2=O)cc1. The zero-order valence-electron chi connectivity index (χ0n) is 14.4. The first-order valence-electron chi connectivity index (χ1n) is 8.27. The lowest BCUT2D eigenvalue weighted by Crippen LogP contribution is -2.29. The van der Waals surface area contributed by atoms with Gasteiger partial charge >= 0.3 is 5.69 Å². The number of aromatic amines is 1. The average Bonchev–Trinajstić information content (AvgIpc) is 2.93. The highest BCUT2D eigenvalue weighted by Crippen LogP contribution is 2.30. The van der Waals surface area contributed by atoms with E-state index < -0.39 is 17.5 Å². The molecule has 0 bridgehead atoms. The lowest BCUT2D eigenvalue weighted by Gasteiger charge is -2.14. The lowest BCUT2D eigenvalue weighted by atomic mass is 10.1. The van der Waals surface area contributed by atoms with Gasteiger partial charge < -0.3 is 9.72 Å². The summed E-state index contributed by atoms with van der Waals surface area (Å²) in [7, 11) is 1.56. The van der Waals surface area contributed by atoms with Crippen LogP contribution >= 0.6 is 0 Å². The molecule has 0 saturated carbocycles. The molecule has 2 aromatic carbocycles. The Morgan fingerprint density at radius 2 is 1.67 bits per heavy atom. The Bertz CT molecular complexity index is 1090. The van der Waals surface area contributed by atoms with Gasteiger partial charge in [0.1, 0.15) is 11.4 Å². The number of rotatable bonds is 4. The van der Waals surface area contributed by atoms with Crippen LogP contribution in [0.15, 0.2) is 59.4 Å². The molecule has 1 aliphatic rings. The summed E-state index contributed by atoms with van der Waals surface area (Å²) in [5, 5.41) is 0. The number of ether oxygens (including phenoxy) is 1. The molecule has 0 radical (unpaired) electrons. The first-order valence-corrected chi connectivity index (χ1v) is 8.27. The normalized spacial score (nSPS) is 13.0. The predicted molar refractivity (Wildman–Crippen MR) is 97.5 cm³/mol. The topological polar surface area (TPSA) is 92.4 Å². The minimum atomic E-state index is -0.667. The monoisotopic (exact) mass is 361 g/mol. The van der Waals surface area contributed by atoms with Crippen LogP contribution in [0.4, 0.5) is 0 Å². The highest BCUT2D eigenvalue weighted by Gasteiger charge is 2.39. The van der Waals surface area contributed by atoms with Gasteiger partial charge in [-0.05, 0) is 17.7 Å². The fraction of sp³-hybridized carbons (Fsp3) is 0.100. The average molecular weight is 361 g/mol. The maximum Gasteiger partial charge on any atom is 0.346 e. The van der Waals surface area contributed by atoms with E-state index in [2.05, 4.69) is 9.97 Å². The molecule has 0 saturated heterocycles. The number of nitrogens with zero attached hydrogens (tertiary/aromatic N) is 2. The molecule has 1 aromatic heterocycles. The number of fused-ring (bicyclic) bond motifs is 1. The van der Waals surface area contributed by atoms with Crippen LogP contribution < -0.4 is 10.4 Å². The van der Waals surface area contributed by atoms with Gasteiger partial charge in [-0.25, -0.2) is 4.79 Å². The van der Waals surface area contributed by atoms with Crippen molar-refractivity contribution in [1.29, 1.82) is 0 Å². The number of amides is 2. The number of hydrogen-bond acceptors (Lipinski definition) is 5. The quantitative estimate of drug-likeness (QED) is 0.720. The van der Waals surface area contributed by atoms with Gasteiger partial charge in [0.15, 0.2) is 0 Å². The van der Waals surface area contributed by atoms with E-state index in [1.165, 1.54) is 0 Å². The number of hydrogen-bond donors (Lipinski definition) is 1. The van der Waals surface area contributed by atoms with E-state index >= 15 is 0 Å². The first-order chi connectivity index (χ1) is 13.1. The molecule has 7 heteroatoms. The van der Waals surface area contributed by atoms with Crippen molar-refractivity contribution in [3.63, 3.8) is 0 Å². The number of nitrogens with one attached hydrogen (secondary N) is 1. The molecule has 0 spiro atoms. The minimum absolute atomic E-state index is 0.0210. The van der Waals surface area contributed by atoms with Crippen LogP contribution in [0.1, 0.15) is 26.4 Å². The van der Waals surface area contributed by atoms with Crippen molar-refractivity contribution >= 4 is 11.8 Å². The molecule has 1 aliphatic heterocycles. The number of carbonyl (C=O) groups is 2. The molecule has 0 atom stereocenters. The summed E-state index contributed by atoms with van der Waals surface area (Å²) in [6.45, 7) is 0.0899. The number of benzene rings is 2. The van der Waals surface area contributed by atoms with Crippen LogP contribution in [0.25, 0.3) is 11.3 Å². The van der Waals surface area contributed by atoms with Crippen molar-refractivity contribution < 1.29 is 14.3 Å². The molecular weight excluding hydrogens is 346 g/mol. The van der Waals surface area contributed by atoms with Crippen molar-refractivity contribution in [2.45, 2.75) is 6.54 Å². The van der Waals surface area contributed by atoms with Crippen LogP contribution in [0.2, 0.25) is 0 Å². The second-order valence-electron chi connectivity index (χ2n) is 6.05. The number of imide groups is 1. The van der Waals surface area contributed by atoms with Crippen molar-refractivity contribution in [1.82, 2.24) is 14.9 Å². The molecule has 7 nitrogen and oxygen atoms in total. The van der Waals surface area contributed by atoms with Gasteiger partial charge in [0, 0.05) is 5.56 Å². The number of carbonyl (C=O) groups excluding carboxylic acids is 2. The van der Waals surface area contributed by atoms with E-state index in [1.54, 1.807) is 55.6 Å². The molecule has 0 fully saturated rings. The summed E-state index contributed by atoms with van der Waals surface area (Å²) < 4.78 is 5.11.